The number of imide groups is 2. The SMILES string of the molecule is O=C(O)COc1c(I)cc(/C=C2\C(=O)NC(=O)N(c3ccccc3F)C2=O)cc1I. The van der Waals surface area contributed by atoms with Gasteiger partial charge in [0.1, 0.15) is 17.1 Å². The Kier molecular flexibility index (Phi) is 6.70. The molecule has 4 amide bonds. The van der Waals surface area contributed by atoms with Crippen LogP contribution < -0.4 is 15.0 Å². The van der Waals surface area contributed by atoms with Crippen molar-refractivity contribution in [3.8, 4) is 5.75 Å². The van der Waals surface area contributed by atoms with Gasteiger partial charge in [0.15, 0.2) is 6.61 Å². The van der Waals surface area contributed by atoms with E-state index in [0.717, 1.165) is 6.07 Å². The maximum absolute atomic E-state index is 14.1. The predicted molar refractivity (Wildman–Crippen MR) is 120 cm³/mol. The van der Waals surface area contributed by atoms with Crippen LogP contribution in [0.15, 0.2) is 42.0 Å². The number of carboxylic acid groups (broad SMARTS) is 1. The van der Waals surface area contributed by atoms with E-state index < -0.39 is 36.2 Å². The van der Waals surface area contributed by atoms with E-state index in [1.165, 1.54) is 24.3 Å². The fraction of sp³-hybridized carbons (Fsp3) is 0.0526. The van der Waals surface area contributed by atoms with E-state index in [4.69, 9.17) is 9.84 Å². The van der Waals surface area contributed by atoms with E-state index in [9.17, 15) is 23.6 Å². The summed E-state index contributed by atoms with van der Waals surface area (Å²) in [5, 5.41) is 10.8. The molecule has 2 aromatic carbocycles. The Bertz CT molecular complexity index is 1090. The molecule has 0 saturated carbocycles. The maximum atomic E-state index is 14.1. The summed E-state index contributed by atoms with van der Waals surface area (Å²) in [6.45, 7) is -0.521. The first-order chi connectivity index (χ1) is 14.2. The molecule has 2 N–H and O–H groups in total. The number of hydrogen-bond acceptors (Lipinski definition) is 5. The Morgan fingerprint density at radius 1 is 1.17 bits per heavy atom. The summed E-state index contributed by atoms with van der Waals surface area (Å²) in [6, 6.07) is 7.32. The number of anilines is 1. The highest BCUT2D eigenvalue weighted by Crippen LogP contribution is 2.31. The first-order valence-electron chi connectivity index (χ1n) is 8.18. The summed E-state index contributed by atoms with van der Waals surface area (Å²) >= 11 is 3.87. The molecule has 3 rings (SSSR count). The van der Waals surface area contributed by atoms with Gasteiger partial charge in [0.2, 0.25) is 0 Å². The van der Waals surface area contributed by atoms with Crippen LogP contribution >= 0.6 is 45.2 Å². The maximum Gasteiger partial charge on any atom is 0.341 e. The van der Waals surface area contributed by atoms with Crippen LogP contribution in [0.4, 0.5) is 14.9 Å². The van der Waals surface area contributed by atoms with Crippen molar-refractivity contribution in [1.29, 1.82) is 0 Å². The van der Waals surface area contributed by atoms with Crippen molar-refractivity contribution in [2.24, 2.45) is 0 Å². The van der Waals surface area contributed by atoms with Gasteiger partial charge in [0, 0.05) is 0 Å². The number of halogens is 3. The largest absolute Gasteiger partial charge is 0.480 e. The third-order valence-electron chi connectivity index (χ3n) is 3.87. The Labute approximate surface area is 196 Å². The number of rotatable bonds is 5. The minimum absolute atomic E-state index is 0.278. The molecule has 11 heteroatoms. The van der Waals surface area contributed by atoms with Crippen molar-refractivity contribution in [3.05, 3.63) is 60.5 Å². The summed E-state index contributed by atoms with van der Waals surface area (Å²) in [4.78, 5) is 48.5. The van der Waals surface area contributed by atoms with Crippen molar-refractivity contribution >= 4 is 80.8 Å². The third-order valence-corrected chi connectivity index (χ3v) is 5.47. The Hall–Kier alpha value is -2.55. The van der Waals surface area contributed by atoms with E-state index in [0.29, 0.717) is 23.4 Å². The molecule has 1 heterocycles. The number of benzene rings is 2. The van der Waals surface area contributed by atoms with Crippen LogP contribution in [0.1, 0.15) is 5.56 Å². The Morgan fingerprint density at radius 2 is 1.80 bits per heavy atom. The zero-order chi connectivity index (χ0) is 22.0. The van der Waals surface area contributed by atoms with Crippen molar-refractivity contribution in [1.82, 2.24) is 5.32 Å². The number of aliphatic carboxylic acids is 1. The molecule has 1 saturated heterocycles. The molecule has 1 aliphatic rings. The minimum atomic E-state index is -1.13. The van der Waals surface area contributed by atoms with E-state index in [-0.39, 0.29) is 11.3 Å². The zero-order valence-corrected chi connectivity index (χ0v) is 19.1. The van der Waals surface area contributed by atoms with Crippen LogP contribution in [0.25, 0.3) is 6.08 Å². The molecule has 8 nitrogen and oxygen atoms in total. The van der Waals surface area contributed by atoms with Gasteiger partial charge in [0.25, 0.3) is 11.8 Å². The zero-order valence-electron chi connectivity index (χ0n) is 14.8. The number of carbonyl (C=O) groups is 4. The molecule has 1 aliphatic heterocycles. The number of urea groups is 1. The van der Waals surface area contributed by atoms with Crippen molar-refractivity contribution < 1.29 is 33.4 Å². The van der Waals surface area contributed by atoms with Gasteiger partial charge in [-0.2, -0.15) is 0 Å². The van der Waals surface area contributed by atoms with E-state index in [1.54, 1.807) is 12.1 Å². The smallest absolute Gasteiger partial charge is 0.341 e. The summed E-state index contributed by atoms with van der Waals surface area (Å²) in [5.74, 6) is -3.45. The molecule has 0 atom stereocenters. The number of carbonyl (C=O) groups excluding carboxylic acids is 3. The number of hydrogen-bond donors (Lipinski definition) is 2. The van der Waals surface area contributed by atoms with Crippen LogP contribution in [-0.4, -0.2) is 35.5 Å². The first-order valence-corrected chi connectivity index (χ1v) is 10.3. The molecule has 2 aromatic rings. The Morgan fingerprint density at radius 3 is 2.40 bits per heavy atom. The molecule has 0 unspecified atom stereocenters. The molecule has 30 heavy (non-hydrogen) atoms. The quantitative estimate of drug-likeness (QED) is 0.297. The second-order valence-electron chi connectivity index (χ2n) is 5.91. The topological polar surface area (TPSA) is 113 Å². The molecule has 0 radical (unpaired) electrons. The van der Waals surface area contributed by atoms with Gasteiger partial charge < -0.3 is 9.84 Å². The fourth-order valence-electron chi connectivity index (χ4n) is 2.61. The molecule has 0 spiro atoms. The normalized spacial score (nSPS) is 15.4. The number of carboxylic acids is 1. The lowest BCUT2D eigenvalue weighted by molar-refractivity contribution is -0.139. The second-order valence-corrected chi connectivity index (χ2v) is 8.23. The average molecular weight is 636 g/mol. The first kappa shape index (κ1) is 22.1. The number of amides is 4. The van der Waals surface area contributed by atoms with Gasteiger partial charge in [-0.3, -0.25) is 14.9 Å². The number of ether oxygens (including phenoxy) is 1. The number of para-hydroxylation sites is 1. The van der Waals surface area contributed by atoms with Gasteiger partial charge in [-0.25, -0.2) is 18.9 Å². The third kappa shape index (κ3) is 4.61. The highest BCUT2D eigenvalue weighted by atomic mass is 127. The lowest BCUT2D eigenvalue weighted by Gasteiger charge is -2.26. The van der Waals surface area contributed by atoms with Gasteiger partial charge in [-0.1, -0.05) is 12.1 Å². The summed E-state index contributed by atoms with van der Waals surface area (Å²) in [6.07, 6.45) is 1.27. The van der Waals surface area contributed by atoms with Crippen LogP contribution in [0.3, 0.4) is 0 Å². The van der Waals surface area contributed by atoms with Gasteiger partial charge in [0.05, 0.1) is 12.8 Å². The van der Waals surface area contributed by atoms with Crippen LogP contribution in [0.5, 0.6) is 5.75 Å². The molecule has 154 valence electrons. The predicted octanol–water partition coefficient (Wildman–Crippen LogP) is 3.16. The van der Waals surface area contributed by atoms with Crippen LogP contribution in [-0.2, 0) is 14.4 Å². The summed E-state index contributed by atoms with van der Waals surface area (Å²) in [5.41, 5.74) is -0.198. The van der Waals surface area contributed by atoms with E-state index in [1.807, 2.05) is 50.5 Å². The summed E-state index contributed by atoms with van der Waals surface area (Å²) in [7, 11) is 0. The minimum Gasteiger partial charge on any atom is -0.480 e. The highest BCUT2D eigenvalue weighted by molar-refractivity contribution is 14.1. The molecular weight excluding hydrogens is 625 g/mol. The highest BCUT2D eigenvalue weighted by Gasteiger charge is 2.38. The van der Waals surface area contributed by atoms with Crippen LogP contribution in [0.2, 0.25) is 0 Å². The second kappa shape index (κ2) is 9.07. The molecule has 0 aliphatic carbocycles. The lowest BCUT2D eigenvalue weighted by atomic mass is 10.1. The average Bonchev–Trinajstić information content (AvgIpc) is 2.65. The van der Waals surface area contributed by atoms with Gasteiger partial charge in [-0.15, -0.1) is 0 Å². The van der Waals surface area contributed by atoms with Crippen molar-refractivity contribution in [2.75, 3.05) is 11.5 Å². The summed E-state index contributed by atoms with van der Waals surface area (Å²) < 4.78 is 20.5. The standard InChI is InChI=1S/C19H11FI2N2O6/c20-11-3-1-2-4-14(11)24-18(28)10(17(27)23-19(24)29)5-9-6-12(21)16(13(22)7-9)30-8-15(25)26/h1-7H,8H2,(H,25,26)(H,23,27,29)/b10-5+. The monoisotopic (exact) mass is 636 g/mol. The number of nitrogens with one attached hydrogen (secondary N) is 1. The van der Waals surface area contributed by atoms with Crippen molar-refractivity contribution in [2.45, 2.75) is 0 Å². The molecule has 1 fully saturated rings. The van der Waals surface area contributed by atoms with Gasteiger partial charge >= 0.3 is 12.0 Å². The fourth-order valence-corrected chi connectivity index (χ4v) is 4.74. The van der Waals surface area contributed by atoms with Crippen LogP contribution in [0, 0.1) is 13.0 Å². The van der Waals surface area contributed by atoms with E-state index >= 15 is 0 Å². The lowest BCUT2D eigenvalue weighted by Crippen LogP contribution is -2.54. The number of barbiturate groups is 1. The van der Waals surface area contributed by atoms with Gasteiger partial charge in [-0.05, 0) is 81.1 Å². The molecular formula is C19H11FI2N2O6. The molecule has 0 aromatic heterocycles. The van der Waals surface area contributed by atoms with Crippen molar-refractivity contribution in [3.63, 3.8) is 0 Å². The number of nitrogens with zero attached hydrogens (tertiary/aromatic N) is 1. The Balaban J connectivity index is 1.99. The van der Waals surface area contributed by atoms with E-state index in [2.05, 4.69) is 0 Å². The molecule has 0 bridgehead atoms.